The Balaban J connectivity index is 1.67. The molecule has 1 aromatic heterocycles. The summed E-state index contributed by atoms with van der Waals surface area (Å²) in [7, 11) is -3.69. The van der Waals surface area contributed by atoms with Gasteiger partial charge >= 0.3 is 5.97 Å². The summed E-state index contributed by atoms with van der Waals surface area (Å²) >= 11 is 0. The first-order valence-electron chi connectivity index (χ1n) is 10.4. The molecule has 1 saturated heterocycles. The number of carboxylic acid groups (broad SMARTS) is 1. The molecule has 0 radical (unpaired) electrons. The van der Waals surface area contributed by atoms with Crippen LogP contribution in [0.1, 0.15) is 45.7 Å². The molecule has 0 unspecified atom stereocenters. The van der Waals surface area contributed by atoms with Gasteiger partial charge in [-0.25, -0.2) is 17.9 Å². The molecule has 2 aliphatic rings. The number of aromatic carboxylic acids is 1. The highest BCUT2D eigenvalue weighted by molar-refractivity contribution is 7.90. The molecule has 5 rings (SSSR count). The SMILES string of the molecule is O=C(O)c1nn(-c2cccc(C(=O)N3CCCCC3)c2)c2c1CS(=O)(=O)c1ccccc1-2. The fraction of sp³-hybridized carbons (Fsp3) is 0.261. The molecule has 1 fully saturated rings. The van der Waals surface area contributed by atoms with Gasteiger partial charge in [0, 0.05) is 29.8 Å². The van der Waals surface area contributed by atoms with E-state index in [1.807, 2.05) is 4.90 Å². The van der Waals surface area contributed by atoms with Crippen molar-refractivity contribution in [2.75, 3.05) is 13.1 Å². The topological polar surface area (TPSA) is 110 Å². The predicted octanol–water partition coefficient (Wildman–Crippen LogP) is 3.15. The van der Waals surface area contributed by atoms with Gasteiger partial charge in [-0.15, -0.1) is 0 Å². The number of likely N-dealkylation sites (tertiary alicyclic amines) is 1. The first-order chi connectivity index (χ1) is 15.4. The maximum atomic E-state index is 13.0. The summed E-state index contributed by atoms with van der Waals surface area (Å²) < 4.78 is 27.0. The van der Waals surface area contributed by atoms with Crippen LogP contribution in [0.25, 0.3) is 16.9 Å². The first-order valence-corrected chi connectivity index (χ1v) is 12.1. The van der Waals surface area contributed by atoms with Crippen molar-refractivity contribution in [2.45, 2.75) is 29.9 Å². The Kier molecular flexibility index (Phi) is 4.85. The number of nitrogens with zero attached hydrogens (tertiary/aromatic N) is 3. The van der Waals surface area contributed by atoms with Crippen molar-refractivity contribution in [1.29, 1.82) is 0 Å². The Hall–Kier alpha value is -3.46. The third-order valence-corrected chi connectivity index (χ3v) is 7.67. The molecule has 0 saturated carbocycles. The number of aromatic nitrogens is 2. The van der Waals surface area contributed by atoms with Gasteiger partial charge < -0.3 is 10.0 Å². The van der Waals surface area contributed by atoms with Gasteiger partial charge in [0.1, 0.15) is 0 Å². The zero-order valence-electron chi connectivity index (χ0n) is 17.2. The molecule has 0 aliphatic carbocycles. The van der Waals surface area contributed by atoms with E-state index in [1.54, 1.807) is 42.5 Å². The minimum Gasteiger partial charge on any atom is -0.476 e. The molecule has 0 atom stereocenters. The lowest BCUT2D eigenvalue weighted by Crippen LogP contribution is -2.35. The Morgan fingerprint density at radius 1 is 0.969 bits per heavy atom. The molecule has 32 heavy (non-hydrogen) atoms. The zero-order chi connectivity index (χ0) is 22.5. The normalized spacial score (nSPS) is 16.8. The van der Waals surface area contributed by atoms with Crippen LogP contribution in [0.3, 0.4) is 0 Å². The highest BCUT2D eigenvalue weighted by Gasteiger charge is 2.36. The fourth-order valence-electron chi connectivity index (χ4n) is 4.47. The number of amides is 1. The zero-order valence-corrected chi connectivity index (χ0v) is 18.0. The second kappa shape index (κ2) is 7.59. The highest BCUT2D eigenvalue weighted by atomic mass is 32.2. The molecular weight excluding hydrogens is 430 g/mol. The Bertz CT molecular complexity index is 1350. The largest absolute Gasteiger partial charge is 0.476 e. The van der Waals surface area contributed by atoms with Gasteiger partial charge in [-0.3, -0.25) is 4.79 Å². The van der Waals surface area contributed by atoms with Crippen molar-refractivity contribution in [3.8, 4) is 16.9 Å². The summed E-state index contributed by atoms with van der Waals surface area (Å²) in [4.78, 5) is 26.9. The fourth-order valence-corrected chi connectivity index (χ4v) is 6.07. The number of hydrogen-bond donors (Lipinski definition) is 1. The van der Waals surface area contributed by atoms with E-state index in [-0.39, 0.29) is 22.1 Å². The van der Waals surface area contributed by atoms with Crippen LogP contribution in [0.4, 0.5) is 0 Å². The molecule has 0 bridgehead atoms. The molecule has 8 nitrogen and oxygen atoms in total. The van der Waals surface area contributed by atoms with Crippen LogP contribution in [-0.4, -0.2) is 53.2 Å². The maximum Gasteiger partial charge on any atom is 0.356 e. The van der Waals surface area contributed by atoms with Crippen molar-refractivity contribution < 1.29 is 23.1 Å². The van der Waals surface area contributed by atoms with Crippen LogP contribution >= 0.6 is 0 Å². The molecule has 9 heteroatoms. The Morgan fingerprint density at radius 3 is 2.47 bits per heavy atom. The van der Waals surface area contributed by atoms with Crippen LogP contribution < -0.4 is 0 Å². The number of benzene rings is 2. The summed E-state index contributed by atoms with van der Waals surface area (Å²) in [5.74, 6) is -1.81. The number of carbonyl (C=O) groups is 2. The smallest absolute Gasteiger partial charge is 0.356 e. The molecule has 164 valence electrons. The Labute approximate surface area is 185 Å². The maximum absolute atomic E-state index is 13.0. The van der Waals surface area contributed by atoms with Crippen molar-refractivity contribution in [3.05, 3.63) is 65.4 Å². The van der Waals surface area contributed by atoms with E-state index in [0.29, 0.717) is 35.6 Å². The number of rotatable bonds is 3. The summed E-state index contributed by atoms with van der Waals surface area (Å²) in [6.45, 7) is 1.43. The van der Waals surface area contributed by atoms with Crippen LogP contribution in [0.2, 0.25) is 0 Å². The van der Waals surface area contributed by atoms with E-state index in [4.69, 9.17) is 0 Å². The quantitative estimate of drug-likeness (QED) is 0.655. The van der Waals surface area contributed by atoms with Crippen molar-refractivity contribution in [2.24, 2.45) is 0 Å². The van der Waals surface area contributed by atoms with Gasteiger partial charge in [-0.1, -0.05) is 24.3 Å². The monoisotopic (exact) mass is 451 g/mol. The van der Waals surface area contributed by atoms with E-state index in [9.17, 15) is 23.1 Å². The van der Waals surface area contributed by atoms with E-state index in [2.05, 4.69) is 5.10 Å². The van der Waals surface area contributed by atoms with Gasteiger partial charge in [-0.2, -0.15) is 5.10 Å². The number of hydrogen-bond acceptors (Lipinski definition) is 5. The van der Waals surface area contributed by atoms with Crippen LogP contribution in [0.5, 0.6) is 0 Å². The molecule has 2 aromatic carbocycles. The number of sulfone groups is 1. The molecule has 1 N–H and O–H groups in total. The molecular formula is C23H21N3O5S. The third kappa shape index (κ3) is 3.29. The van der Waals surface area contributed by atoms with Crippen LogP contribution in [-0.2, 0) is 15.6 Å². The standard InChI is InChI=1S/C23H21N3O5S/c27-22(25-11-4-1-5-12-25)15-7-6-8-16(13-15)26-21-17-9-2-3-10-19(17)32(30,31)14-18(21)20(24-26)23(28)29/h2-3,6-10,13H,1,4-5,11-12,14H2,(H,28,29). The van der Waals surface area contributed by atoms with Crippen molar-refractivity contribution in [1.82, 2.24) is 14.7 Å². The second-order valence-electron chi connectivity index (χ2n) is 8.05. The third-order valence-electron chi connectivity index (χ3n) is 5.98. The molecule has 3 heterocycles. The molecule has 0 spiro atoms. The first kappa shape index (κ1) is 20.4. The van der Waals surface area contributed by atoms with Gasteiger partial charge in [-0.05, 0) is 43.5 Å². The lowest BCUT2D eigenvalue weighted by Gasteiger charge is -2.27. The van der Waals surface area contributed by atoms with E-state index < -0.39 is 21.6 Å². The van der Waals surface area contributed by atoms with E-state index in [0.717, 1.165) is 19.3 Å². The Morgan fingerprint density at radius 2 is 1.72 bits per heavy atom. The summed E-state index contributed by atoms with van der Waals surface area (Å²) in [5, 5.41) is 14.0. The van der Waals surface area contributed by atoms with Gasteiger partial charge in [0.15, 0.2) is 15.5 Å². The molecule has 2 aliphatic heterocycles. The summed E-state index contributed by atoms with van der Waals surface area (Å²) in [5.41, 5.74) is 1.68. The average molecular weight is 452 g/mol. The lowest BCUT2D eigenvalue weighted by molar-refractivity contribution is 0.0686. The van der Waals surface area contributed by atoms with Gasteiger partial charge in [0.25, 0.3) is 5.91 Å². The number of carbonyl (C=O) groups excluding carboxylic acids is 1. The van der Waals surface area contributed by atoms with E-state index >= 15 is 0 Å². The average Bonchev–Trinajstić information content (AvgIpc) is 3.18. The summed E-state index contributed by atoms with van der Waals surface area (Å²) in [6, 6.07) is 13.4. The lowest BCUT2D eigenvalue weighted by atomic mass is 10.1. The van der Waals surface area contributed by atoms with Crippen molar-refractivity contribution >= 4 is 21.7 Å². The molecule has 1 amide bonds. The van der Waals surface area contributed by atoms with Crippen LogP contribution in [0, 0.1) is 0 Å². The number of piperidine rings is 1. The van der Waals surface area contributed by atoms with Crippen molar-refractivity contribution in [3.63, 3.8) is 0 Å². The predicted molar refractivity (Wildman–Crippen MR) is 117 cm³/mol. The molecule has 3 aromatic rings. The highest BCUT2D eigenvalue weighted by Crippen LogP contribution is 2.40. The van der Waals surface area contributed by atoms with Gasteiger partial charge in [0.2, 0.25) is 0 Å². The van der Waals surface area contributed by atoms with Gasteiger partial charge in [0.05, 0.1) is 22.0 Å². The van der Waals surface area contributed by atoms with Crippen LogP contribution in [0.15, 0.2) is 53.4 Å². The minimum atomic E-state index is -3.69. The number of carboxylic acids is 1. The second-order valence-corrected chi connectivity index (χ2v) is 10.0. The number of fused-ring (bicyclic) bond motifs is 3. The van der Waals surface area contributed by atoms with E-state index in [1.165, 1.54) is 10.7 Å². The minimum absolute atomic E-state index is 0.0750. The summed E-state index contributed by atoms with van der Waals surface area (Å²) in [6.07, 6.45) is 3.07.